The normalized spacial score (nSPS) is 14.2. The van der Waals surface area contributed by atoms with Gasteiger partial charge in [0.15, 0.2) is 0 Å². The average Bonchev–Trinajstić information content (AvgIpc) is 2.69. The van der Waals surface area contributed by atoms with Gasteiger partial charge in [-0.05, 0) is 42.3 Å². The monoisotopic (exact) mass is 357 g/mol. The van der Waals surface area contributed by atoms with Crippen molar-refractivity contribution in [1.29, 1.82) is 0 Å². The molecule has 26 heavy (non-hydrogen) atoms. The molecule has 5 nitrogen and oxygen atoms in total. The number of para-hydroxylation sites is 1. The number of piperazine rings is 1. The standard InChI is InChI=1S/C20H24FN3O2/c1-26-19-5-3-2-4-16(19)10-11-22-20(25)24-14-12-23(13-15-24)18-8-6-17(21)7-9-18/h2-9H,10-15H2,1H3,(H,22,25). The molecule has 2 aromatic rings. The number of nitrogens with zero attached hydrogens (tertiary/aromatic N) is 2. The first-order chi connectivity index (χ1) is 12.7. The maximum Gasteiger partial charge on any atom is 0.317 e. The van der Waals surface area contributed by atoms with Crippen molar-refractivity contribution in [2.75, 3.05) is 44.7 Å². The quantitative estimate of drug-likeness (QED) is 0.895. The van der Waals surface area contributed by atoms with Crippen LogP contribution in [0.3, 0.4) is 0 Å². The second-order valence-corrected chi connectivity index (χ2v) is 6.24. The number of halogens is 1. The van der Waals surface area contributed by atoms with Gasteiger partial charge in [0.25, 0.3) is 0 Å². The molecule has 0 unspecified atom stereocenters. The Hall–Kier alpha value is -2.76. The van der Waals surface area contributed by atoms with Crippen molar-refractivity contribution in [3.05, 3.63) is 59.9 Å². The van der Waals surface area contributed by atoms with Crippen LogP contribution in [-0.2, 0) is 6.42 Å². The lowest BCUT2D eigenvalue weighted by molar-refractivity contribution is 0.194. The molecule has 138 valence electrons. The number of anilines is 1. The Labute approximate surface area is 153 Å². The Balaban J connectivity index is 1.44. The molecule has 1 N–H and O–H groups in total. The zero-order valence-corrected chi connectivity index (χ0v) is 15.0. The molecule has 0 aromatic heterocycles. The molecular weight excluding hydrogens is 333 g/mol. The minimum Gasteiger partial charge on any atom is -0.496 e. The van der Waals surface area contributed by atoms with E-state index >= 15 is 0 Å². The number of urea groups is 1. The third-order valence-electron chi connectivity index (χ3n) is 4.62. The van der Waals surface area contributed by atoms with Crippen LogP contribution >= 0.6 is 0 Å². The Morgan fingerprint density at radius 1 is 1.08 bits per heavy atom. The van der Waals surface area contributed by atoms with E-state index in [2.05, 4.69) is 10.2 Å². The fourth-order valence-corrected chi connectivity index (χ4v) is 3.15. The van der Waals surface area contributed by atoms with Crippen LogP contribution in [0.15, 0.2) is 48.5 Å². The summed E-state index contributed by atoms with van der Waals surface area (Å²) in [5.74, 6) is 0.608. The van der Waals surface area contributed by atoms with E-state index in [4.69, 9.17) is 4.74 Å². The van der Waals surface area contributed by atoms with Crippen LogP contribution in [0.1, 0.15) is 5.56 Å². The van der Waals surface area contributed by atoms with E-state index in [1.54, 1.807) is 19.2 Å². The van der Waals surface area contributed by atoms with Gasteiger partial charge in [-0.25, -0.2) is 9.18 Å². The lowest BCUT2D eigenvalue weighted by Gasteiger charge is -2.36. The van der Waals surface area contributed by atoms with E-state index in [-0.39, 0.29) is 11.8 Å². The first-order valence-electron chi connectivity index (χ1n) is 8.82. The van der Waals surface area contributed by atoms with Gasteiger partial charge in [-0.1, -0.05) is 18.2 Å². The van der Waals surface area contributed by atoms with E-state index in [1.807, 2.05) is 29.2 Å². The van der Waals surface area contributed by atoms with Crippen molar-refractivity contribution < 1.29 is 13.9 Å². The number of carbonyl (C=O) groups excluding carboxylic acids is 1. The lowest BCUT2D eigenvalue weighted by atomic mass is 10.1. The lowest BCUT2D eigenvalue weighted by Crippen LogP contribution is -2.52. The molecule has 1 aliphatic rings. The first-order valence-corrected chi connectivity index (χ1v) is 8.82. The van der Waals surface area contributed by atoms with E-state index in [0.717, 1.165) is 36.5 Å². The number of benzene rings is 2. The predicted molar refractivity (Wildman–Crippen MR) is 100 cm³/mol. The van der Waals surface area contributed by atoms with E-state index in [0.29, 0.717) is 19.6 Å². The first kappa shape index (κ1) is 18.0. The molecule has 1 fully saturated rings. The molecule has 1 saturated heterocycles. The highest BCUT2D eigenvalue weighted by Crippen LogP contribution is 2.18. The van der Waals surface area contributed by atoms with Gasteiger partial charge in [0, 0.05) is 38.4 Å². The highest BCUT2D eigenvalue weighted by atomic mass is 19.1. The molecule has 6 heteroatoms. The molecule has 0 saturated carbocycles. The molecule has 0 atom stereocenters. The van der Waals surface area contributed by atoms with Crippen molar-refractivity contribution in [3.8, 4) is 5.75 Å². The largest absolute Gasteiger partial charge is 0.496 e. The number of amides is 2. The van der Waals surface area contributed by atoms with Gasteiger partial charge in [-0.2, -0.15) is 0 Å². The highest BCUT2D eigenvalue weighted by Gasteiger charge is 2.21. The molecule has 1 aliphatic heterocycles. The predicted octanol–water partition coefficient (Wildman–Crippen LogP) is 2.91. The minimum absolute atomic E-state index is 0.0429. The van der Waals surface area contributed by atoms with Gasteiger partial charge in [0.2, 0.25) is 0 Å². The van der Waals surface area contributed by atoms with Gasteiger partial charge in [0.1, 0.15) is 11.6 Å². The van der Waals surface area contributed by atoms with E-state index < -0.39 is 0 Å². The topological polar surface area (TPSA) is 44.8 Å². The van der Waals surface area contributed by atoms with Crippen molar-refractivity contribution in [3.63, 3.8) is 0 Å². The third-order valence-corrected chi connectivity index (χ3v) is 4.62. The van der Waals surface area contributed by atoms with Crippen LogP contribution in [-0.4, -0.2) is 50.8 Å². The molecule has 2 amide bonds. The Kier molecular flexibility index (Phi) is 5.94. The second-order valence-electron chi connectivity index (χ2n) is 6.24. The number of methoxy groups -OCH3 is 1. The summed E-state index contributed by atoms with van der Waals surface area (Å²) in [4.78, 5) is 16.3. The van der Waals surface area contributed by atoms with Crippen LogP contribution < -0.4 is 15.0 Å². The third kappa shape index (κ3) is 4.45. The van der Waals surface area contributed by atoms with Crippen LogP contribution in [0.5, 0.6) is 5.75 Å². The summed E-state index contributed by atoms with van der Waals surface area (Å²) in [6.07, 6.45) is 0.727. The van der Waals surface area contributed by atoms with Crippen molar-refractivity contribution in [2.24, 2.45) is 0 Å². The molecule has 0 spiro atoms. The maximum atomic E-state index is 13.0. The second kappa shape index (κ2) is 8.56. The summed E-state index contributed by atoms with van der Waals surface area (Å²) in [6.45, 7) is 3.35. The van der Waals surface area contributed by atoms with Crippen LogP contribution in [0.25, 0.3) is 0 Å². The van der Waals surface area contributed by atoms with Crippen molar-refractivity contribution in [2.45, 2.75) is 6.42 Å². The maximum absolute atomic E-state index is 13.0. The van der Waals surface area contributed by atoms with Gasteiger partial charge in [-0.15, -0.1) is 0 Å². The zero-order chi connectivity index (χ0) is 18.4. The average molecular weight is 357 g/mol. The number of hydrogen-bond acceptors (Lipinski definition) is 3. The number of carbonyl (C=O) groups is 1. The summed E-state index contributed by atoms with van der Waals surface area (Å²) in [5, 5.41) is 2.98. The highest BCUT2D eigenvalue weighted by molar-refractivity contribution is 5.74. The zero-order valence-electron chi connectivity index (χ0n) is 15.0. The van der Waals surface area contributed by atoms with E-state index in [1.165, 1.54) is 12.1 Å². The van der Waals surface area contributed by atoms with Crippen LogP contribution in [0.2, 0.25) is 0 Å². The smallest absolute Gasteiger partial charge is 0.317 e. The Bertz CT molecular complexity index is 728. The molecule has 3 rings (SSSR count). The van der Waals surface area contributed by atoms with Gasteiger partial charge >= 0.3 is 6.03 Å². The molecule has 2 aromatic carbocycles. The number of rotatable bonds is 5. The summed E-state index contributed by atoms with van der Waals surface area (Å²) in [7, 11) is 1.65. The number of hydrogen-bond donors (Lipinski definition) is 1. The van der Waals surface area contributed by atoms with Gasteiger partial charge < -0.3 is 19.9 Å². The summed E-state index contributed by atoms with van der Waals surface area (Å²) in [5.41, 5.74) is 2.07. The van der Waals surface area contributed by atoms with Crippen LogP contribution in [0, 0.1) is 5.82 Å². The molecule has 0 bridgehead atoms. The SMILES string of the molecule is COc1ccccc1CCNC(=O)N1CCN(c2ccc(F)cc2)CC1. The van der Waals surface area contributed by atoms with E-state index in [9.17, 15) is 9.18 Å². The Morgan fingerprint density at radius 2 is 1.77 bits per heavy atom. The molecule has 0 aliphatic carbocycles. The van der Waals surface area contributed by atoms with Crippen LogP contribution in [0.4, 0.5) is 14.9 Å². The fraction of sp³-hybridized carbons (Fsp3) is 0.350. The van der Waals surface area contributed by atoms with Gasteiger partial charge in [-0.3, -0.25) is 0 Å². The Morgan fingerprint density at radius 3 is 2.46 bits per heavy atom. The number of nitrogens with one attached hydrogen (secondary N) is 1. The fourth-order valence-electron chi connectivity index (χ4n) is 3.15. The summed E-state index contributed by atoms with van der Waals surface area (Å²) in [6, 6.07) is 14.3. The molecular formula is C20H24FN3O2. The minimum atomic E-state index is -0.234. The summed E-state index contributed by atoms with van der Waals surface area (Å²) >= 11 is 0. The van der Waals surface area contributed by atoms with Crippen molar-refractivity contribution >= 4 is 11.7 Å². The number of ether oxygens (including phenoxy) is 1. The van der Waals surface area contributed by atoms with Crippen molar-refractivity contribution in [1.82, 2.24) is 10.2 Å². The summed E-state index contributed by atoms with van der Waals surface area (Å²) < 4.78 is 18.4. The molecule has 0 radical (unpaired) electrons. The van der Waals surface area contributed by atoms with Gasteiger partial charge in [0.05, 0.1) is 7.11 Å². The molecule has 1 heterocycles.